The molecule has 0 aliphatic heterocycles. The van der Waals surface area contributed by atoms with Crippen molar-refractivity contribution in [2.24, 2.45) is 21.1 Å². The molecule has 0 aliphatic rings. The van der Waals surface area contributed by atoms with Gasteiger partial charge in [-0.25, -0.2) is 13.7 Å². The predicted molar refractivity (Wildman–Crippen MR) is 139 cm³/mol. The van der Waals surface area contributed by atoms with Crippen molar-refractivity contribution in [3.05, 3.63) is 90.3 Å². The summed E-state index contributed by atoms with van der Waals surface area (Å²) in [6, 6.07) is 13.0. The molecule has 6 heteroatoms. The van der Waals surface area contributed by atoms with Crippen LogP contribution in [-0.2, 0) is 37.4 Å². The van der Waals surface area contributed by atoms with Crippen molar-refractivity contribution in [2.45, 2.75) is 78.6 Å². The van der Waals surface area contributed by atoms with E-state index < -0.39 is 0 Å². The molecular formula is C30H48I3N3. The molecule has 3 aromatic rings. The van der Waals surface area contributed by atoms with Crippen molar-refractivity contribution in [2.75, 3.05) is 0 Å². The number of hydrogen-bond acceptors (Lipinski definition) is 0. The highest BCUT2D eigenvalue weighted by atomic mass is 127. The first-order valence-corrected chi connectivity index (χ1v) is 11.9. The van der Waals surface area contributed by atoms with Gasteiger partial charge < -0.3 is 71.9 Å². The van der Waals surface area contributed by atoms with E-state index in [0.717, 1.165) is 0 Å². The van der Waals surface area contributed by atoms with E-state index in [-0.39, 0.29) is 88.2 Å². The van der Waals surface area contributed by atoms with Crippen LogP contribution in [0.15, 0.2) is 73.6 Å². The van der Waals surface area contributed by atoms with Crippen LogP contribution in [-0.4, -0.2) is 0 Å². The van der Waals surface area contributed by atoms with Crippen molar-refractivity contribution in [3.63, 3.8) is 0 Å². The van der Waals surface area contributed by atoms with Crippen molar-refractivity contribution < 1.29 is 85.6 Å². The number of halogens is 3. The topological polar surface area (TPSA) is 11.6 Å². The molecule has 0 N–H and O–H groups in total. The highest BCUT2D eigenvalue weighted by Gasteiger charge is 2.15. The minimum atomic E-state index is 0. The molecule has 0 bridgehead atoms. The molecule has 3 rings (SSSR count). The van der Waals surface area contributed by atoms with Crippen molar-refractivity contribution in [3.8, 4) is 0 Å². The molecule has 0 saturated heterocycles. The summed E-state index contributed by atoms with van der Waals surface area (Å²) in [5.41, 5.74) is 4.97. The van der Waals surface area contributed by atoms with Crippen LogP contribution in [0, 0.1) is 0 Å². The lowest BCUT2D eigenvalue weighted by atomic mass is 9.88. The van der Waals surface area contributed by atoms with Gasteiger partial charge in [0.15, 0.2) is 37.2 Å². The Morgan fingerprint density at radius 1 is 0.361 bits per heavy atom. The number of aromatic nitrogens is 3. The highest BCUT2D eigenvalue weighted by molar-refractivity contribution is 5.18. The van der Waals surface area contributed by atoms with Crippen molar-refractivity contribution >= 4 is 0 Å². The minimum absolute atomic E-state index is 0. The first-order valence-electron chi connectivity index (χ1n) is 11.9. The zero-order chi connectivity index (χ0) is 25.4. The van der Waals surface area contributed by atoms with Crippen molar-refractivity contribution in [1.29, 1.82) is 0 Å². The van der Waals surface area contributed by atoms with Gasteiger partial charge in [-0.2, -0.15) is 0 Å². The fourth-order valence-electron chi connectivity index (χ4n) is 3.00. The van der Waals surface area contributed by atoms with Gasteiger partial charge in [0.1, 0.15) is 21.1 Å². The zero-order valence-electron chi connectivity index (χ0n) is 24.4. The molecule has 36 heavy (non-hydrogen) atoms. The summed E-state index contributed by atoms with van der Waals surface area (Å²) in [5.74, 6) is 0. The minimum Gasteiger partial charge on any atom is -1.00 e. The maximum absolute atomic E-state index is 2.22. The van der Waals surface area contributed by atoms with Gasteiger partial charge in [0, 0.05) is 36.4 Å². The summed E-state index contributed by atoms with van der Waals surface area (Å²) in [4.78, 5) is 0. The van der Waals surface area contributed by atoms with Crippen LogP contribution in [0.4, 0.5) is 0 Å². The lowest BCUT2D eigenvalue weighted by Crippen LogP contribution is -3.00. The van der Waals surface area contributed by atoms with E-state index in [1.54, 1.807) is 0 Å². The lowest BCUT2D eigenvalue weighted by molar-refractivity contribution is -0.671. The van der Waals surface area contributed by atoms with Gasteiger partial charge in [-0.05, 0) is 32.9 Å². The SMILES string of the molecule is C[n+]1ccc(C(C)(C)C)cc1.C[n+]1ccc(C(C)(C)C)cc1.C[n+]1ccc(C(C)(C)C)cc1.[I-].[I-].[I-]. The number of pyridine rings is 3. The second-order valence-corrected chi connectivity index (χ2v) is 12.0. The molecule has 0 radical (unpaired) electrons. The summed E-state index contributed by atoms with van der Waals surface area (Å²) in [6.07, 6.45) is 12.5. The maximum Gasteiger partial charge on any atom is 0.168 e. The number of nitrogens with zero attached hydrogens (tertiary/aromatic N) is 3. The number of aryl methyl sites for hydroxylation is 3. The molecule has 3 aromatic heterocycles. The fraction of sp³-hybridized carbons (Fsp3) is 0.500. The van der Waals surface area contributed by atoms with Crippen molar-refractivity contribution in [1.82, 2.24) is 0 Å². The first kappa shape index (κ1) is 40.1. The van der Waals surface area contributed by atoms with Crippen LogP contribution < -0.4 is 85.6 Å². The van der Waals surface area contributed by atoms with E-state index in [1.807, 2.05) is 21.1 Å². The highest BCUT2D eigenvalue weighted by Crippen LogP contribution is 2.21. The van der Waals surface area contributed by atoms with E-state index >= 15 is 0 Å². The van der Waals surface area contributed by atoms with Crippen LogP contribution in [0.3, 0.4) is 0 Å². The van der Waals surface area contributed by atoms with Crippen LogP contribution >= 0.6 is 0 Å². The van der Waals surface area contributed by atoms with Crippen LogP contribution in [0.2, 0.25) is 0 Å². The largest absolute Gasteiger partial charge is 1.00 e. The van der Waals surface area contributed by atoms with Crippen LogP contribution in [0.5, 0.6) is 0 Å². The van der Waals surface area contributed by atoms with Gasteiger partial charge in [-0.3, -0.25) is 0 Å². The molecule has 0 spiro atoms. The first-order chi connectivity index (χ1) is 15.0. The molecule has 204 valence electrons. The summed E-state index contributed by atoms with van der Waals surface area (Å²) in [7, 11) is 6.10. The van der Waals surface area contributed by atoms with E-state index in [0.29, 0.717) is 0 Å². The van der Waals surface area contributed by atoms with E-state index in [9.17, 15) is 0 Å². The Labute approximate surface area is 273 Å². The third-order valence-electron chi connectivity index (χ3n) is 5.53. The summed E-state index contributed by atoms with van der Waals surface area (Å²) in [5, 5.41) is 0. The van der Waals surface area contributed by atoms with Crippen LogP contribution in [0.1, 0.15) is 79.0 Å². The number of rotatable bonds is 0. The predicted octanol–water partition coefficient (Wildman–Crippen LogP) is -3.56. The smallest absolute Gasteiger partial charge is 0.168 e. The Morgan fingerprint density at radius 2 is 0.500 bits per heavy atom. The molecule has 0 atom stereocenters. The zero-order valence-corrected chi connectivity index (χ0v) is 30.9. The molecular weight excluding hydrogens is 783 g/mol. The van der Waals surface area contributed by atoms with Gasteiger partial charge in [0.05, 0.1) is 0 Å². The Balaban J connectivity index is -0.000000436. The maximum atomic E-state index is 2.22. The van der Waals surface area contributed by atoms with Gasteiger partial charge in [-0.15, -0.1) is 0 Å². The molecule has 0 amide bonds. The van der Waals surface area contributed by atoms with Gasteiger partial charge in [0.2, 0.25) is 0 Å². The second-order valence-electron chi connectivity index (χ2n) is 12.0. The standard InChI is InChI=1S/3C10H16N.3HI/c3*1-10(2,3)9-5-7-11(4)8-6-9;;;/h3*5-8H,1-4H3;3*1H/q3*+1;;;/p-3. The third kappa shape index (κ3) is 15.8. The second kappa shape index (κ2) is 17.3. The van der Waals surface area contributed by atoms with E-state index in [2.05, 4.69) is 150 Å². The summed E-state index contributed by atoms with van der Waals surface area (Å²) < 4.78 is 6.15. The average Bonchev–Trinajstić information content (AvgIpc) is 2.68. The Hall–Kier alpha value is -0.360. The van der Waals surface area contributed by atoms with Crippen LogP contribution in [0.25, 0.3) is 0 Å². The average molecular weight is 831 g/mol. The molecule has 0 aromatic carbocycles. The Bertz CT molecular complexity index is 831. The third-order valence-corrected chi connectivity index (χ3v) is 5.53. The molecule has 0 aliphatic carbocycles. The normalized spacial score (nSPS) is 10.7. The Kier molecular flexibility index (Phi) is 19.3. The van der Waals surface area contributed by atoms with Gasteiger partial charge in [0.25, 0.3) is 0 Å². The van der Waals surface area contributed by atoms with E-state index in [4.69, 9.17) is 0 Å². The molecule has 3 nitrogen and oxygen atoms in total. The molecule has 3 heterocycles. The lowest BCUT2D eigenvalue weighted by Gasteiger charge is -2.17. The summed E-state index contributed by atoms with van der Waals surface area (Å²) in [6.45, 7) is 20.0. The molecule has 0 saturated carbocycles. The quantitative estimate of drug-likeness (QED) is 0.165. The molecule has 0 fully saturated rings. The summed E-state index contributed by atoms with van der Waals surface area (Å²) >= 11 is 0. The monoisotopic (exact) mass is 831 g/mol. The van der Waals surface area contributed by atoms with Gasteiger partial charge >= 0.3 is 0 Å². The van der Waals surface area contributed by atoms with Gasteiger partial charge in [-0.1, -0.05) is 62.3 Å². The fourth-order valence-corrected chi connectivity index (χ4v) is 3.00. The Morgan fingerprint density at radius 3 is 0.611 bits per heavy atom. The molecule has 0 unspecified atom stereocenters. The van der Waals surface area contributed by atoms with E-state index in [1.165, 1.54) is 16.7 Å². The number of hydrogen-bond donors (Lipinski definition) is 0.